The minimum atomic E-state index is -2.29. The Bertz CT molecular complexity index is 1460. The Labute approximate surface area is 303 Å². The van der Waals surface area contributed by atoms with Gasteiger partial charge in [-0.3, -0.25) is 24.0 Å². The summed E-state index contributed by atoms with van der Waals surface area (Å²) in [5, 5.41) is 12.9. The van der Waals surface area contributed by atoms with Crippen LogP contribution >= 0.6 is 0 Å². The predicted octanol–water partition coefficient (Wildman–Crippen LogP) is 2.54. The highest BCUT2D eigenvalue weighted by Crippen LogP contribution is 2.62. The fourth-order valence-corrected chi connectivity index (χ4v) is 7.78. The van der Waals surface area contributed by atoms with Crippen molar-refractivity contribution in [1.29, 1.82) is 0 Å². The quantitative estimate of drug-likeness (QED) is 0.174. The molecule has 15 nitrogen and oxygen atoms in total. The average Bonchev–Trinajstić information content (AvgIpc) is 3.78. The summed E-state index contributed by atoms with van der Waals surface area (Å²) in [4.78, 5) is 78.2. The SMILES string of the molecule is COCC1=C/[C@@H]2OC(=O)[C@H](C)[C@@]2(O)[C@@H](OC(C)=O)[C@H]2[C@@]3(CO3)[C@H](OC(=O)CC(C)C)C[C@H](OC(C)=O)[C@]2(C)[C@H](OC(=O)COC(=O)CC(C)C)/C=C\1. The molecule has 2 heterocycles. The van der Waals surface area contributed by atoms with Crippen molar-refractivity contribution in [2.75, 3.05) is 26.9 Å². The number of hydrogen-bond acceptors (Lipinski definition) is 15. The van der Waals surface area contributed by atoms with Crippen molar-refractivity contribution < 1.29 is 71.8 Å². The van der Waals surface area contributed by atoms with E-state index in [2.05, 4.69) is 0 Å². The number of methoxy groups -OCH3 is 1. The van der Waals surface area contributed by atoms with Gasteiger partial charge in [0.2, 0.25) is 0 Å². The van der Waals surface area contributed by atoms with Gasteiger partial charge >= 0.3 is 35.8 Å². The first-order valence-corrected chi connectivity index (χ1v) is 17.6. The van der Waals surface area contributed by atoms with Crippen molar-refractivity contribution in [1.82, 2.24) is 0 Å². The van der Waals surface area contributed by atoms with E-state index in [9.17, 15) is 33.9 Å². The Hall–Kier alpha value is -3.82. The number of ether oxygens (including phenoxy) is 8. The Kier molecular flexibility index (Phi) is 12.6. The number of rotatable bonds is 12. The van der Waals surface area contributed by atoms with Gasteiger partial charge in [0, 0.05) is 46.1 Å². The van der Waals surface area contributed by atoms with Crippen LogP contribution in [0.25, 0.3) is 0 Å². The summed E-state index contributed by atoms with van der Waals surface area (Å²) in [6.45, 7) is 11.8. The molecule has 3 fully saturated rings. The van der Waals surface area contributed by atoms with Gasteiger partial charge in [-0.25, -0.2) is 4.79 Å². The molecule has 0 aromatic rings. The smallest absolute Gasteiger partial charge is 0.344 e. The molecule has 1 N–H and O–H groups in total. The summed E-state index contributed by atoms with van der Waals surface area (Å²) in [6.07, 6.45) is -2.26. The largest absolute Gasteiger partial charge is 0.462 e. The second-order valence-electron chi connectivity index (χ2n) is 15.2. The summed E-state index contributed by atoms with van der Waals surface area (Å²) in [7, 11) is 1.43. The minimum Gasteiger partial charge on any atom is -0.462 e. The van der Waals surface area contributed by atoms with Gasteiger partial charge in [-0.05, 0) is 36.5 Å². The van der Waals surface area contributed by atoms with E-state index in [0.717, 1.165) is 6.92 Å². The van der Waals surface area contributed by atoms with Crippen LogP contribution in [0.15, 0.2) is 23.8 Å². The molecule has 2 aliphatic heterocycles. The molecule has 2 aliphatic carbocycles. The van der Waals surface area contributed by atoms with Crippen molar-refractivity contribution in [2.45, 2.75) is 116 Å². The summed E-state index contributed by atoms with van der Waals surface area (Å²) >= 11 is 0. The van der Waals surface area contributed by atoms with Gasteiger partial charge in [-0.15, -0.1) is 0 Å². The minimum absolute atomic E-state index is 0.0267. The lowest BCUT2D eigenvalue weighted by Gasteiger charge is -2.57. The van der Waals surface area contributed by atoms with E-state index < -0.39 is 101 Å². The van der Waals surface area contributed by atoms with Crippen molar-refractivity contribution in [3.63, 3.8) is 0 Å². The summed E-state index contributed by atoms with van der Waals surface area (Å²) in [6, 6.07) is 0. The third-order valence-electron chi connectivity index (χ3n) is 10.3. The van der Waals surface area contributed by atoms with Gasteiger partial charge in [0.15, 0.2) is 18.3 Å². The van der Waals surface area contributed by atoms with E-state index in [1.807, 2.05) is 27.7 Å². The van der Waals surface area contributed by atoms with Crippen LogP contribution in [0.5, 0.6) is 0 Å². The van der Waals surface area contributed by atoms with Gasteiger partial charge in [0.25, 0.3) is 0 Å². The van der Waals surface area contributed by atoms with Gasteiger partial charge < -0.3 is 43.0 Å². The van der Waals surface area contributed by atoms with Gasteiger partial charge in [0.05, 0.1) is 24.5 Å². The predicted molar refractivity (Wildman–Crippen MR) is 179 cm³/mol. The Morgan fingerprint density at radius 2 is 1.54 bits per heavy atom. The number of carbonyl (C=O) groups is 6. The molecule has 52 heavy (non-hydrogen) atoms. The van der Waals surface area contributed by atoms with Gasteiger partial charge in [-0.1, -0.05) is 40.7 Å². The van der Waals surface area contributed by atoms with Crippen LogP contribution in [0.4, 0.5) is 0 Å². The van der Waals surface area contributed by atoms with E-state index >= 15 is 0 Å². The molecule has 0 aromatic heterocycles. The zero-order valence-corrected chi connectivity index (χ0v) is 31.3. The lowest BCUT2D eigenvalue weighted by Crippen LogP contribution is -2.72. The zero-order valence-electron chi connectivity index (χ0n) is 31.3. The first-order valence-electron chi connectivity index (χ1n) is 17.6. The fourth-order valence-electron chi connectivity index (χ4n) is 7.78. The number of fused-ring (bicyclic) bond motifs is 3. The number of esters is 6. The molecule has 0 bridgehead atoms. The Morgan fingerprint density at radius 1 is 0.923 bits per heavy atom. The number of hydrogen-bond donors (Lipinski definition) is 1. The van der Waals surface area contributed by atoms with Crippen LogP contribution < -0.4 is 0 Å². The van der Waals surface area contributed by atoms with Crippen LogP contribution in [-0.4, -0.2) is 110 Å². The topological polar surface area (TPSA) is 200 Å². The van der Waals surface area contributed by atoms with E-state index in [1.54, 1.807) is 13.0 Å². The molecule has 15 heteroatoms. The van der Waals surface area contributed by atoms with E-state index in [-0.39, 0.29) is 44.3 Å². The molecule has 0 amide bonds. The standard InChI is InChI=1S/C37H52O15/c1-19(2)12-29(40)46-17-31(42)50-25-11-10-24(16-45-9)14-28-37(44,21(5)34(43)52-28)33(49-23(7)39)32-35(25,8)26(48-22(6)38)15-27(36(32)18-47-36)51-30(41)13-20(3)4/h10-11,14,19-21,25-28,32-33,44H,12-13,15-18H2,1-9H3/b11-10-,24-14+/t21-,25+,26-,27+,28-,32+,33-,35-,36+,37-/m0/s1. The molecule has 0 radical (unpaired) electrons. The number of epoxide rings is 1. The second-order valence-corrected chi connectivity index (χ2v) is 15.2. The van der Waals surface area contributed by atoms with E-state index in [0.29, 0.717) is 5.57 Å². The normalized spacial score (nSPS) is 36.7. The van der Waals surface area contributed by atoms with Crippen molar-refractivity contribution in [3.05, 3.63) is 23.8 Å². The molecule has 10 atom stereocenters. The first-order chi connectivity index (χ1) is 24.3. The van der Waals surface area contributed by atoms with Gasteiger partial charge in [0.1, 0.15) is 30.0 Å². The monoisotopic (exact) mass is 736 g/mol. The molecule has 1 saturated carbocycles. The highest BCUT2D eigenvalue weighted by molar-refractivity contribution is 5.78. The lowest BCUT2D eigenvalue weighted by molar-refractivity contribution is -0.253. The molecular formula is C37H52O15. The van der Waals surface area contributed by atoms with E-state index in [4.69, 9.17) is 37.9 Å². The number of aliphatic hydroxyl groups is 1. The Balaban J connectivity index is 1.99. The lowest BCUT2D eigenvalue weighted by atomic mass is 9.52. The fraction of sp³-hybridized carbons (Fsp3) is 0.730. The van der Waals surface area contributed by atoms with Gasteiger partial charge in [-0.2, -0.15) is 0 Å². The maximum absolute atomic E-state index is 13.5. The summed E-state index contributed by atoms with van der Waals surface area (Å²) in [5.74, 6) is -7.17. The molecule has 290 valence electrons. The number of carbonyl (C=O) groups excluding carboxylic acids is 6. The van der Waals surface area contributed by atoms with Crippen molar-refractivity contribution >= 4 is 35.8 Å². The molecule has 0 unspecified atom stereocenters. The van der Waals surface area contributed by atoms with Crippen molar-refractivity contribution in [2.24, 2.45) is 29.1 Å². The van der Waals surface area contributed by atoms with Crippen LogP contribution in [-0.2, 0) is 66.7 Å². The molecule has 4 aliphatic rings. The van der Waals surface area contributed by atoms with Crippen LogP contribution in [0.2, 0.25) is 0 Å². The average molecular weight is 737 g/mol. The molecule has 2 saturated heterocycles. The van der Waals surface area contributed by atoms with Crippen LogP contribution in [0, 0.1) is 29.1 Å². The maximum Gasteiger partial charge on any atom is 0.344 e. The third kappa shape index (κ3) is 8.36. The third-order valence-corrected chi connectivity index (χ3v) is 10.3. The molecule has 4 rings (SSSR count). The molecular weight excluding hydrogens is 684 g/mol. The maximum atomic E-state index is 13.5. The van der Waals surface area contributed by atoms with Crippen LogP contribution in [0.3, 0.4) is 0 Å². The first kappa shape index (κ1) is 40.9. The Morgan fingerprint density at radius 3 is 2.10 bits per heavy atom. The highest BCUT2D eigenvalue weighted by Gasteiger charge is 2.78. The van der Waals surface area contributed by atoms with E-state index in [1.165, 1.54) is 33.1 Å². The summed E-state index contributed by atoms with van der Waals surface area (Å²) in [5.41, 5.74) is -5.05. The second kappa shape index (κ2) is 16.0. The molecule has 0 aromatic carbocycles. The summed E-state index contributed by atoms with van der Waals surface area (Å²) < 4.78 is 46.6. The zero-order chi connectivity index (χ0) is 38.8. The van der Waals surface area contributed by atoms with Crippen molar-refractivity contribution in [3.8, 4) is 0 Å². The highest BCUT2D eigenvalue weighted by atomic mass is 16.6. The van der Waals surface area contributed by atoms with Crippen LogP contribution in [0.1, 0.15) is 74.7 Å². The molecule has 1 spiro atoms.